The first-order chi connectivity index (χ1) is 10.5. The average molecular weight is 362 g/mol. The molecule has 1 aromatic carbocycles. The fraction of sp³-hybridized carbons (Fsp3) is 0.176. The molecule has 0 N–H and O–H groups in total. The minimum Gasteiger partial charge on any atom is -0.465 e. The van der Waals surface area contributed by atoms with Crippen molar-refractivity contribution in [1.29, 1.82) is 0 Å². The van der Waals surface area contributed by atoms with Crippen LogP contribution in [0.5, 0.6) is 0 Å². The summed E-state index contributed by atoms with van der Waals surface area (Å²) in [5.41, 5.74) is 2.05. The van der Waals surface area contributed by atoms with Crippen LogP contribution in [-0.2, 0) is 14.3 Å². The SMILES string of the molecule is C=CCN1C(=O)C(=Cc2cccc(Br)c2)C(C(=O)OC)=C1C. The Morgan fingerprint density at radius 3 is 2.77 bits per heavy atom. The number of ether oxygens (including phenoxy) is 1. The van der Waals surface area contributed by atoms with Gasteiger partial charge in [-0.1, -0.05) is 34.1 Å². The van der Waals surface area contributed by atoms with Crippen molar-refractivity contribution in [2.24, 2.45) is 0 Å². The molecule has 0 unspecified atom stereocenters. The summed E-state index contributed by atoms with van der Waals surface area (Å²) < 4.78 is 5.72. The van der Waals surface area contributed by atoms with Gasteiger partial charge in [0.1, 0.15) is 0 Å². The number of hydrogen-bond acceptors (Lipinski definition) is 3. The topological polar surface area (TPSA) is 46.6 Å². The predicted octanol–water partition coefficient (Wildman–Crippen LogP) is 3.31. The Morgan fingerprint density at radius 1 is 1.45 bits per heavy atom. The summed E-state index contributed by atoms with van der Waals surface area (Å²) in [4.78, 5) is 26.1. The van der Waals surface area contributed by atoms with Crippen LogP contribution < -0.4 is 0 Å². The molecule has 2 rings (SSSR count). The molecule has 0 bridgehead atoms. The molecule has 1 aromatic rings. The number of hydrogen-bond donors (Lipinski definition) is 0. The molecular weight excluding hydrogens is 346 g/mol. The molecule has 0 radical (unpaired) electrons. The highest BCUT2D eigenvalue weighted by atomic mass is 79.9. The lowest BCUT2D eigenvalue weighted by Gasteiger charge is -2.14. The van der Waals surface area contributed by atoms with Gasteiger partial charge in [0.15, 0.2) is 0 Å². The van der Waals surface area contributed by atoms with Gasteiger partial charge in [-0.25, -0.2) is 4.79 Å². The standard InChI is InChI=1S/C17H16BrNO3/c1-4-8-19-11(2)15(17(21)22-3)14(16(19)20)10-12-6-5-7-13(18)9-12/h4-7,9-10H,1,8H2,2-3H3. The van der Waals surface area contributed by atoms with Crippen LogP contribution in [0.3, 0.4) is 0 Å². The Labute approximate surface area is 137 Å². The highest BCUT2D eigenvalue weighted by molar-refractivity contribution is 9.10. The molecule has 0 aromatic heterocycles. The Morgan fingerprint density at radius 2 is 2.18 bits per heavy atom. The fourth-order valence-electron chi connectivity index (χ4n) is 2.34. The van der Waals surface area contributed by atoms with Gasteiger partial charge >= 0.3 is 5.97 Å². The van der Waals surface area contributed by atoms with E-state index in [0.717, 1.165) is 10.0 Å². The Bertz CT molecular complexity index is 704. The summed E-state index contributed by atoms with van der Waals surface area (Å²) >= 11 is 3.39. The highest BCUT2D eigenvalue weighted by Crippen LogP contribution is 2.31. The summed E-state index contributed by atoms with van der Waals surface area (Å²) in [7, 11) is 1.31. The zero-order valence-corrected chi connectivity index (χ0v) is 14.0. The summed E-state index contributed by atoms with van der Waals surface area (Å²) in [6.07, 6.45) is 3.32. The van der Waals surface area contributed by atoms with E-state index >= 15 is 0 Å². The maximum absolute atomic E-state index is 12.6. The van der Waals surface area contributed by atoms with Crippen LogP contribution >= 0.6 is 15.9 Å². The van der Waals surface area contributed by atoms with Crippen LogP contribution in [0.1, 0.15) is 12.5 Å². The van der Waals surface area contributed by atoms with Crippen molar-refractivity contribution in [1.82, 2.24) is 4.90 Å². The zero-order chi connectivity index (χ0) is 16.3. The van der Waals surface area contributed by atoms with E-state index in [9.17, 15) is 9.59 Å². The van der Waals surface area contributed by atoms with E-state index < -0.39 is 5.97 Å². The molecular formula is C17H16BrNO3. The number of methoxy groups -OCH3 is 1. The normalized spacial score (nSPS) is 16.4. The molecule has 5 heteroatoms. The summed E-state index contributed by atoms with van der Waals surface area (Å²) in [5, 5.41) is 0. The number of amides is 1. The molecule has 1 aliphatic rings. The number of benzene rings is 1. The number of carbonyl (C=O) groups is 2. The van der Waals surface area contributed by atoms with Crippen LogP contribution in [0.25, 0.3) is 6.08 Å². The number of esters is 1. The Hall–Kier alpha value is -2.14. The van der Waals surface area contributed by atoms with E-state index in [4.69, 9.17) is 4.74 Å². The van der Waals surface area contributed by atoms with Gasteiger partial charge in [0.05, 0.1) is 18.3 Å². The molecule has 0 saturated carbocycles. The number of allylic oxidation sites excluding steroid dienone is 1. The largest absolute Gasteiger partial charge is 0.465 e. The lowest BCUT2D eigenvalue weighted by Crippen LogP contribution is -2.24. The highest BCUT2D eigenvalue weighted by Gasteiger charge is 2.36. The van der Waals surface area contributed by atoms with Gasteiger partial charge in [0.2, 0.25) is 0 Å². The summed E-state index contributed by atoms with van der Waals surface area (Å²) in [6, 6.07) is 7.50. The molecule has 0 fully saturated rings. The minimum absolute atomic E-state index is 0.224. The van der Waals surface area contributed by atoms with Crippen molar-refractivity contribution in [2.75, 3.05) is 13.7 Å². The van der Waals surface area contributed by atoms with Crippen LogP contribution in [0.15, 0.2) is 58.2 Å². The van der Waals surface area contributed by atoms with Crippen LogP contribution in [0, 0.1) is 0 Å². The zero-order valence-electron chi connectivity index (χ0n) is 12.4. The van der Waals surface area contributed by atoms with Crippen LogP contribution in [0.4, 0.5) is 0 Å². The first kappa shape index (κ1) is 16.2. The van der Waals surface area contributed by atoms with Crippen molar-refractivity contribution >= 4 is 33.9 Å². The van der Waals surface area contributed by atoms with Crippen molar-refractivity contribution in [3.8, 4) is 0 Å². The van der Waals surface area contributed by atoms with Crippen LogP contribution in [0.2, 0.25) is 0 Å². The maximum Gasteiger partial charge on any atom is 0.340 e. The second-order valence-electron chi connectivity index (χ2n) is 4.77. The van der Waals surface area contributed by atoms with E-state index in [0.29, 0.717) is 23.4 Å². The van der Waals surface area contributed by atoms with E-state index in [1.165, 1.54) is 12.0 Å². The predicted molar refractivity (Wildman–Crippen MR) is 88.7 cm³/mol. The molecule has 0 aliphatic carbocycles. The second-order valence-corrected chi connectivity index (χ2v) is 5.69. The Balaban J connectivity index is 2.54. The van der Waals surface area contributed by atoms with E-state index in [2.05, 4.69) is 22.5 Å². The molecule has 0 atom stereocenters. The van der Waals surface area contributed by atoms with Crippen LogP contribution in [-0.4, -0.2) is 30.4 Å². The number of halogens is 1. The fourth-order valence-corrected chi connectivity index (χ4v) is 2.76. The molecule has 0 saturated heterocycles. The first-order valence-corrected chi connectivity index (χ1v) is 7.48. The third-order valence-corrected chi connectivity index (χ3v) is 3.87. The lowest BCUT2D eigenvalue weighted by atomic mass is 10.0. The number of nitrogens with zero attached hydrogens (tertiary/aromatic N) is 1. The van der Waals surface area contributed by atoms with E-state index in [-0.39, 0.29) is 5.91 Å². The third kappa shape index (κ3) is 3.04. The molecule has 1 aliphatic heterocycles. The molecule has 1 amide bonds. The van der Waals surface area contributed by atoms with E-state index in [1.54, 1.807) is 19.1 Å². The second kappa shape index (κ2) is 6.75. The van der Waals surface area contributed by atoms with Gasteiger partial charge in [-0.3, -0.25) is 4.79 Å². The van der Waals surface area contributed by atoms with Gasteiger partial charge in [-0.05, 0) is 30.7 Å². The van der Waals surface area contributed by atoms with Gasteiger partial charge in [-0.15, -0.1) is 6.58 Å². The first-order valence-electron chi connectivity index (χ1n) is 6.69. The quantitative estimate of drug-likeness (QED) is 0.469. The van der Waals surface area contributed by atoms with Gasteiger partial charge in [0, 0.05) is 16.7 Å². The van der Waals surface area contributed by atoms with Crippen molar-refractivity contribution in [3.05, 3.63) is 63.8 Å². The van der Waals surface area contributed by atoms with Crippen molar-refractivity contribution < 1.29 is 14.3 Å². The van der Waals surface area contributed by atoms with Gasteiger partial charge in [0.25, 0.3) is 5.91 Å². The average Bonchev–Trinajstić information content (AvgIpc) is 2.72. The maximum atomic E-state index is 12.6. The van der Waals surface area contributed by atoms with Gasteiger partial charge < -0.3 is 9.64 Å². The lowest BCUT2D eigenvalue weighted by molar-refractivity contribution is -0.136. The Kier molecular flexibility index (Phi) is 4.98. The molecule has 114 valence electrons. The molecule has 0 spiro atoms. The molecule has 1 heterocycles. The third-order valence-electron chi connectivity index (χ3n) is 3.37. The van der Waals surface area contributed by atoms with Crippen molar-refractivity contribution in [2.45, 2.75) is 6.92 Å². The summed E-state index contributed by atoms with van der Waals surface area (Å²) in [6.45, 7) is 5.73. The molecule has 4 nitrogen and oxygen atoms in total. The van der Waals surface area contributed by atoms with E-state index in [1.807, 2.05) is 24.3 Å². The smallest absolute Gasteiger partial charge is 0.340 e. The van der Waals surface area contributed by atoms with Crippen molar-refractivity contribution in [3.63, 3.8) is 0 Å². The molecule has 22 heavy (non-hydrogen) atoms. The van der Waals surface area contributed by atoms with Gasteiger partial charge in [-0.2, -0.15) is 0 Å². The minimum atomic E-state index is -0.515. The summed E-state index contributed by atoms with van der Waals surface area (Å²) in [5.74, 6) is -0.739. The monoisotopic (exact) mass is 361 g/mol. The number of rotatable bonds is 4. The number of carbonyl (C=O) groups excluding carboxylic acids is 2.